The van der Waals surface area contributed by atoms with E-state index in [1.165, 1.54) is 22.2 Å². The molecule has 0 aliphatic heterocycles. The van der Waals surface area contributed by atoms with Crippen LogP contribution in [0.25, 0.3) is 0 Å². The molecule has 1 aromatic heterocycles. The Balaban J connectivity index is 2.72. The molecule has 106 valence electrons. The van der Waals surface area contributed by atoms with E-state index in [1.54, 1.807) is 6.92 Å². The largest absolute Gasteiger partial charge is 0.480 e. The summed E-state index contributed by atoms with van der Waals surface area (Å²) in [7, 11) is 3.73. The molecular weight excluding hydrogens is 250 g/mol. The predicted molar refractivity (Wildman–Crippen MR) is 67.5 cm³/mol. The number of carbonyl (C=O) groups excluding carboxylic acids is 1. The Morgan fingerprint density at radius 1 is 1.37 bits per heavy atom. The first kappa shape index (κ1) is 15.1. The van der Waals surface area contributed by atoms with Crippen molar-refractivity contribution in [3.8, 4) is 0 Å². The van der Waals surface area contributed by atoms with Gasteiger partial charge in [-0.15, -0.1) is 0 Å². The molecule has 0 aliphatic rings. The van der Waals surface area contributed by atoms with E-state index in [2.05, 4.69) is 10.1 Å². The van der Waals surface area contributed by atoms with Crippen molar-refractivity contribution < 1.29 is 14.7 Å². The van der Waals surface area contributed by atoms with Crippen LogP contribution in [-0.2, 0) is 9.59 Å². The van der Waals surface area contributed by atoms with Gasteiger partial charge >= 0.3 is 5.97 Å². The van der Waals surface area contributed by atoms with Crippen LogP contribution in [0.5, 0.6) is 0 Å². The van der Waals surface area contributed by atoms with Crippen LogP contribution in [0.4, 0.5) is 0 Å². The minimum absolute atomic E-state index is 0.283. The maximum absolute atomic E-state index is 12.2. The highest BCUT2D eigenvalue weighted by Crippen LogP contribution is 2.07. The molecular formula is C11H19N5O3. The van der Waals surface area contributed by atoms with Gasteiger partial charge in [-0.25, -0.2) is 9.67 Å². The van der Waals surface area contributed by atoms with E-state index >= 15 is 0 Å². The molecule has 8 nitrogen and oxygen atoms in total. The van der Waals surface area contributed by atoms with Gasteiger partial charge in [-0.3, -0.25) is 9.59 Å². The summed E-state index contributed by atoms with van der Waals surface area (Å²) < 4.78 is 1.41. The number of aromatic nitrogens is 3. The molecule has 0 bridgehead atoms. The Bertz CT molecular complexity index is 418. The number of rotatable bonds is 7. The van der Waals surface area contributed by atoms with Gasteiger partial charge in [0.05, 0.1) is 0 Å². The van der Waals surface area contributed by atoms with E-state index in [1.807, 2.05) is 19.0 Å². The van der Waals surface area contributed by atoms with E-state index in [-0.39, 0.29) is 12.5 Å². The fraction of sp³-hybridized carbons (Fsp3) is 0.636. The quantitative estimate of drug-likeness (QED) is 0.704. The molecule has 0 saturated carbocycles. The van der Waals surface area contributed by atoms with E-state index in [0.717, 1.165) is 0 Å². The number of carboxylic acids is 1. The van der Waals surface area contributed by atoms with Crippen LogP contribution in [0.1, 0.15) is 13.0 Å². The first-order valence-electron chi connectivity index (χ1n) is 5.91. The lowest BCUT2D eigenvalue weighted by atomic mass is 10.3. The molecule has 0 radical (unpaired) electrons. The van der Waals surface area contributed by atoms with Gasteiger partial charge in [0.25, 0.3) is 0 Å². The van der Waals surface area contributed by atoms with Gasteiger partial charge < -0.3 is 14.9 Å². The molecule has 1 unspecified atom stereocenters. The third-order valence-corrected chi connectivity index (χ3v) is 2.65. The Hall–Kier alpha value is -1.96. The van der Waals surface area contributed by atoms with Crippen molar-refractivity contribution in [1.82, 2.24) is 24.6 Å². The molecule has 1 amide bonds. The van der Waals surface area contributed by atoms with E-state index in [0.29, 0.717) is 13.1 Å². The smallest absolute Gasteiger partial charge is 0.323 e. The van der Waals surface area contributed by atoms with Crippen LogP contribution in [0.15, 0.2) is 12.7 Å². The summed E-state index contributed by atoms with van der Waals surface area (Å²) in [5.74, 6) is -1.31. The molecule has 0 saturated heterocycles. The minimum atomic E-state index is -1.03. The molecule has 1 N–H and O–H groups in total. The van der Waals surface area contributed by atoms with Crippen molar-refractivity contribution in [1.29, 1.82) is 0 Å². The van der Waals surface area contributed by atoms with Crippen molar-refractivity contribution in [2.24, 2.45) is 0 Å². The molecule has 1 aromatic rings. The van der Waals surface area contributed by atoms with Crippen molar-refractivity contribution in [3.05, 3.63) is 12.7 Å². The SMILES string of the molecule is CC(C(=O)N(CCN(C)C)CC(=O)O)n1cncn1. The van der Waals surface area contributed by atoms with Crippen LogP contribution in [0, 0.1) is 0 Å². The highest BCUT2D eigenvalue weighted by Gasteiger charge is 2.24. The van der Waals surface area contributed by atoms with Crippen molar-refractivity contribution in [2.45, 2.75) is 13.0 Å². The molecule has 0 spiro atoms. The average Bonchev–Trinajstić information content (AvgIpc) is 2.85. The molecule has 8 heteroatoms. The van der Waals surface area contributed by atoms with Gasteiger partial charge in [0.2, 0.25) is 5.91 Å². The van der Waals surface area contributed by atoms with E-state index < -0.39 is 12.0 Å². The summed E-state index contributed by atoms with van der Waals surface area (Å²) in [5.41, 5.74) is 0. The van der Waals surface area contributed by atoms with Gasteiger partial charge in [-0.2, -0.15) is 5.10 Å². The Morgan fingerprint density at radius 2 is 2.05 bits per heavy atom. The second kappa shape index (κ2) is 6.83. The van der Waals surface area contributed by atoms with Crippen molar-refractivity contribution in [3.63, 3.8) is 0 Å². The first-order chi connectivity index (χ1) is 8.91. The minimum Gasteiger partial charge on any atom is -0.480 e. The molecule has 0 fully saturated rings. The molecule has 1 atom stereocenters. The zero-order valence-corrected chi connectivity index (χ0v) is 11.4. The summed E-state index contributed by atoms with van der Waals surface area (Å²) in [5, 5.41) is 12.8. The number of carbonyl (C=O) groups is 2. The first-order valence-corrected chi connectivity index (χ1v) is 5.91. The predicted octanol–water partition coefficient (Wildman–Crippen LogP) is -0.686. The second-order valence-corrected chi connectivity index (χ2v) is 4.51. The third kappa shape index (κ3) is 4.66. The summed E-state index contributed by atoms with van der Waals surface area (Å²) in [6.45, 7) is 2.31. The molecule has 0 aromatic carbocycles. The van der Waals surface area contributed by atoms with Crippen molar-refractivity contribution in [2.75, 3.05) is 33.7 Å². The zero-order chi connectivity index (χ0) is 14.4. The Labute approximate surface area is 111 Å². The van der Waals surface area contributed by atoms with Crippen LogP contribution in [0.2, 0.25) is 0 Å². The van der Waals surface area contributed by atoms with Crippen LogP contribution in [-0.4, -0.2) is 75.3 Å². The number of amides is 1. The number of nitrogens with zero attached hydrogens (tertiary/aromatic N) is 5. The fourth-order valence-electron chi connectivity index (χ4n) is 1.55. The summed E-state index contributed by atoms with van der Waals surface area (Å²) in [6, 6.07) is -0.566. The molecule has 1 rings (SSSR count). The highest BCUT2D eigenvalue weighted by atomic mass is 16.4. The summed E-state index contributed by atoms with van der Waals surface area (Å²) >= 11 is 0. The molecule has 19 heavy (non-hydrogen) atoms. The lowest BCUT2D eigenvalue weighted by Crippen LogP contribution is -2.43. The summed E-state index contributed by atoms with van der Waals surface area (Å²) in [4.78, 5) is 30.1. The van der Waals surface area contributed by atoms with Crippen LogP contribution < -0.4 is 0 Å². The number of aliphatic carboxylic acids is 1. The van der Waals surface area contributed by atoms with E-state index in [4.69, 9.17) is 5.11 Å². The zero-order valence-electron chi connectivity index (χ0n) is 11.4. The van der Waals surface area contributed by atoms with Gasteiger partial charge in [-0.05, 0) is 21.0 Å². The summed E-state index contributed by atoms with van der Waals surface area (Å²) in [6.07, 6.45) is 2.78. The lowest BCUT2D eigenvalue weighted by Gasteiger charge is -2.25. The van der Waals surface area contributed by atoms with E-state index in [9.17, 15) is 9.59 Å². The number of likely N-dealkylation sites (N-methyl/N-ethyl adjacent to an activating group) is 1. The second-order valence-electron chi connectivity index (χ2n) is 4.51. The van der Waals surface area contributed by atoms with Gasteiger partial charge in [-0.1, -0.05) is 0 Å². The van der Waals surface area contributed by atoms with Gasteiger partial charge in [0, 0.05) is 13.1 Å². The van der Waals surface area contributed by atoms with Crippen molar-refractivity contribution >= 4 is 11.9 Å². The average molecular weight is 269 g/mol. The lowest BCUT2D eigenvalue weighted by molar-refractivity contribution is -0.146. The number of hydrogen-bond acceptors (Lipinski definition) is 5. The highest BCUT2D eigenvalue weighted by molar-refractivity contribution is 5.83. The number of carboxylic acid groups (broad SMARTS) is 1. The fourth-order valence-corrected chi connectivity index (χ4v) is 1.55. The third-order valence-electron chi connectivity index (χ3n) is 2.65. The van der Waals surface area contributed by atoms with Gasteiger partial charge in [0.1, 0.15) is 25.2 Å². The molecule has 0 aliphatic carbocycles. The monoisotopic (exact) mass is 269 g/mol. The van der Waals surface area contributed by atoms with Crippen LogP contribution in [0.3, 0.4) is 0 Å². The number of hydrogen-bond donors (Lipinski definition) is 1. The Kier molecular flexibility index (Phi) is 5.43. The normalized spacial score (nSPS) is 12.4. The maximum Gasteiger partial charge on any atom is 0.323 e. The topological polar surface area (TPSA) is 91.6 Å². The van der Waals surface area contributed by atoms with Crippen LogP contribution >= 0.6 is 0 Å². The standard InChI is InChI=1S/C11H19N5O3/c1-9(16-8-12-7-13-16)11(19)15(6-10(17)18)5-4-14(2)3/h7-9H,4-6H2,1-3H3,(H,17,18). The molecule has 1 heterocycles. The maximum atomic E-state index is 12.2. The van der Waals surface area contributed by atoms with Gasteiger partial charge in [0.15, 0.2) is 0 Å². The Morgan fingerprint density at radius 3 is 2.53 bits per heavy atom.